The molecule has 1 aromatic heterocycles. The zero-order chi connectivity index (χ0) is 21.6. The van der Waals surface area contributed by atoms with Crippen LogP contribution in [-0.2, 0) is 4.74 Å². The Morgan fingerprint density at radius 2 is 1.77 bits per heavy atom. The lowest BCUT2D eigenvalue weighted by molar-refractivity contribution is -0.277. The third-order valence-electron chi connectivity index (χ3n) is 5.38. The Morgan fingerprint density at radius 3 is 2.47 bits per heavy atom. The average Bonchev–Trinajstić information content (AvgIpc) is 2.76. The number of rotatable bonds is 4. The summed E-state index contributed by atoms with van der Waals surface area (Å²) in [5.41, 5.74) is 0.206. The molecule has 0 aliphatic carbocycles. The molecule has 0 amide bonds. The smallest absolute Gasteiger partial charge is 0.344 e. The Kier molecular flexibility index (Phi) is 5.39. The number of aliphatic hydroxyl groups is 4. The quantitative estimate of drug-likeness (QED) is 0.351. The largest absolute Gasteiger partial charge is 0.496 e. The predicted molar refractivity (Wildman–Crippen MR) is 106 cm³/mol. The summed E-state index contributed by atoms with van der Waals surface area (Å²) < 4.78 is 22.0. The highest BCUT2D eigenvalue weighted by molar-refractivity contribution is 6.08. The van der Waals surface area contributed by atoms with Crippen LogP contribution in [0, 0.1) is 6.92 Å². The van der Waals surface area contributed by atoms with Crippen LogP contribution in [0.2, 0.25) is 0 Å². The molecule has 0 spiro atoms. The Labute approximate surface area is 170 Å². The minimum absolute atomic E-state index is 0.240. The summed E-state index contributed by atoms with van der Waals surface area (Å²) >= 11 is 0. The van der Waals surface area contributed by atoms with Crippen LogP contribution in [0.1, 0.15) is 5.56 Å². The molecule has 0 unspecified atom stereocenters. The van der Waals surface area contributed by atoms with E-state index < -0.39 is 42.9 Å². The standard InChI is InChI=1S/C21H22O9/c1-9-12(28-21-18(25)17(24)16(23)14(8-22)29-21)7-6-10-15-11(20(26)30-19(9)10)4-3-5-13(15)27-2/h3-7,14,16-18,21-25H,8H2,1-2H3/t14-,16-,17+,18-,21-/m1/s1. The normalized spacial score (nSPS) is 26.8. The monoisotopic (exact) mass is 418 g/mol. The first-order chi connectivity index (χ1) is 14.4. The molecule has 3 aromatic rings. The van der Waals surface area contributed by atoms with Gasteiger partial charge in [-0.15, -0.1) is 0 Å². The third kappa shape index (κ3) is 3.21. The van der Waals surface area contributed by atoms with E-state index in [2.05, 4.69) is 0 Å². The van der Waals surface area contributed by atoms with Crippen molar-refractivity contribution in [3.8, 4) is 11.5 Å². The van der Waals surface area contributed by atoms with E-state index >= 15 is 0 Å². The highest BCUT2D eigenvalue weighted by atomic mass is 16.7. The van der Waals surface area contributed by atoms with Gasteiger partial charge >= 0.3 is 5.63 Å². The SMILES string of the molecule is COc1cccc2c(=O)oc3c(C)c(O[C@@H]4O[C@H](CO)[C@@H](O)[C@H](O)[C@H]4O)ccc3c12. The molecule has 0 saturated carbocycles. The first kappa shape index (κ1) is 20.6. The van der Waals surface area contributed by atoms with Crippen molar-refractivity contribution < 1.29 is 39.1 Å². The van der Waals surface area contributed by atoms with Crippen LogP contribution in [0.3, 0.4) is 0 Å². The summed E-state index contributed by atoms with van der Waals surface area (Å²) in [5, 5.41) is 41.0. The maximum atomic E-state index is 12.5. The zero-order valence-electron chi connectivity index (χ0n) is 16.3. The fraction of sp³-hybridized carbons (Fsp3) is 0.381. The maximum Gasteiger partial charge on any atom is 0.344 e. The van der Waals surface area contributed by atoms with Crippen molar-refractivity contribution in [1.29, 1.82) is 0 Å². The van der Waals surface area contributed by atoms with Crippen molar-refractivity contribution in [1.82, 2.24) is 0 Å². The molecule has 9 nitrogen and oxygen atoms in total. The van der Waals surface area contributed by atoms with Gasteiger partial charge in [-0.3, -0.25) is 0 Å². The second-order valence-electron chi connectivity index (χ2n) is 7.15. The molecule has 1 aliphatic heterocycles. The Bertz CT molecular complexity index is 1140. The Hall–Kier alpha value is -2.69. The van der Waals surface area contributed by atoms with Crippen molar-refractivity contribution in [2.75, 3.05) is 13.7 Å². The van der Waals surface area contributed by atoms with Gasteiger partial charge in [0.15, 0.2) is 0 Å². The van der Waals surface area contributed by atoms with E-state index in [0.717, 1.165) is 0 Å². The molecule has 2 heterocycles. The lowest BCUT2D eigenvalue weighted by Crippen LogP contribution is -2.60. The van der Waals surface area contributed by atoms with Gasteiger partial charge in [0.2, 0.25) is 6.29 Å². The van der Waals surface area contributed by atoms with E-state index in [-0.39, 0.29) is 11.3 Å². The number of ether oxygens (including phenoxy) is 3. The van der Waals surface area contributed by atoms with Crippen molar-refractivity contribution in [2.45, 2.75) is 37.6 Å². The van der Waals surface area contributed by atoms with Crippen molar-refractivity contribution >= 4 is 21.7 Å². The predicted octanol–water partition coefficient (Wildman–Crippen LogP) is 0.442. The van der Waals surface area contributed by atoms with Gasteiger partial charge < -0.3 is 39.1 Å². The summed E-state index contributed by atoms with van der Waals surface area (Å²) in [4.78, 5) is 12.5. The molecule has 0 bridgehead atoms. The fourth-order valence-corrected chi connectivity index (χ4v) is 3.72. The summed E-state index contributed by atoms with van der Waals surface area (Å²) in [6.45, 7) is 1.11. The topological polar surface area (TPSA) is 139 Å². The van der Waals surface area contributed by atoms with Crippen molar-refractivity contribution in [3.05, 3.63) is 46.3 Å². The first-order valence-corrected chi connectivity index (χ1v) is 9.37. The molecular weight excluding hydrogens is 396 g/mol. The van der Waals surface area contributed by atoms with Crippen LogP contribution in [0.15, 0.2) is 39.5 Å². The molecule has 1 saturated heterocycles. The molecule has 160 valence electrons. The van der Waals surface area contributed by atoms with E-state index in [1.54, 1.807) is 37.3 Å². The van der Waals surface area contributed by atoms with Crippen LogP contribution in [0.5, 0.6) is 11.5 Å². The molecule has 0 radical (unpaired) electrons. The van der Waals surface area contributed by atoms with Gasteiger partial charge in [-0.2, -0.15) is 0 Å². The summed E-state index contributed by atoms with van der Waals surface area (Å²) in [6, 6.07) is 8.40. The average molecular weight is 418 g/mol. The van der Waals surface area contributed by atoms with Crippen molar-refractivity contribution in [2.24, 2.45) is 0 Å². The summed E-state index contributed by atoms with van der Waals surface area (Å²) in [6.07, 6.45) is -7.05. The van der Waals surface area contributed by atoms with E-state index in [4.69, 9.17) is 18.6 Å². The molecule has 4 N–H and O–H groups in total. The van der Waals surface area contributed by atoms with E-state index in [1.165, 1.54) is 7.11 Å². The summed E-state index contributed by atoms with van der Waals surface area (Å²) in [7, 11) is 1.51. The molecular formula is C21H22O9. The number of aryl methyl sites for hydroxylation is 1. The van der Waals surface area contributed by atoms with Gasteiger partial charge in [0.25, 0.3) is 0 Å². The highest BCUT2D eigenvalue weighted by Crippen LogP contribution is 2.36. The second-order valence-corrected chi connectivity index (χ2v) is 7.15. The Morgan fingerprint density at radius 1 is 1.00 bits per heavy atom. The molecule has 2 aromatic carbocycles. The van der Waals surface area contributed by atoms with Crippen LogP contribution in [0.4, 0.5) is 0 Å². The van der Waals surface area contributed by atoms with Gasteiger partial charge in [-0.1, -0.05) is 6.07 Å². The molecule has 1 fully saturated rings. The molecule has 9 heteroatoms. The molecule has 4 rings (SSSR count). The Balaban J connectivity index is 1.79. The summed E-state index contributed by atoms with van der Waals surface area (Å²) in [5.74, 6) is 0.761. The van der Waals surface area contributed by atoms with Gasteiger partial charge in [-0.05, 0) is 31.2 Å². The van der Waals surface area contributed by atoms with Gasteiger partial charge in [0, 0.05) is 16.3 Å². The van der Waals surface area contributed by atoms with Gasteiger partial charge in [0.1, 0.15) is 41.5 Å². The number of aliphatic hydroxyl groups excluding tert-OH is 4. The minimum Gasteiger partial charge on any atom is -0.496 e. The molecule has 5 atom stereocenters. The van der Waals surface area contributed by atoms with Crippen molar-refractivity contribution in [3.63, 3.8) is 0 Å². The fourth-order valence-electron chi connectivity index (χ4n) is 3.72. The minimum atomic E-state index is -1.56. The van der Waals surface area contributed by atoms with Gasteiger partial charge in [0.05, 0.1) is 19.1 Å². The second kappa shape index (κ2) is 7.86. The highest BCUT2D eigenvalue weighted by Gasteiger charge is 2.44. The van der Waals surface area contributed by atoms with Crippen LogP contribution >= 0.6 is 0 Å². The number of hydrogen-bond donors (Lipinski definition) is 4. The van der Waals surface area contributed by atoms with E-state index in [0.29, 0.717) is 27.5 Å². The van der Waals surface area contributed by atoms with E-state index in [1.807, 2.05) is 0 Å². The number of fused-ring (bicyclic) bond motifs is 3. The number of methoxy groups -OCH3 is 1. The lowest BCUT2D eigenvalue weighted by Gasteiger charge is -2.39. The van der Waals surface area contributed by atoms with E-state index in [9.17, 15) is 25.2 Å². The zero-order valence-corrected chi connectivity index (χ0v) is 16.3. The van der Waals surface area contributed by atoms with Crippen LogP contribution in [-0.4, -0.2) is 64.8 Å². The van der Waals surface area contributed by atoms with Crippen LogP contribution < -0.4 is 15.1 Å². The first-order valence-electron chi connectivity index (χ1n) is 9.37. The van der Waals surface area contributed by atoms with Gasteiger partial charge in [-0.25, -0.2) is 4.79 Å². The number of benzene rings is 2. The molecule has 1 aliphatic rings. The number of hydrogen-bond acceptors (Lipinski definition) is 9. The lowest BCUT2D eigenvalue weighted by atomic mass is 9.99. The van der Waals surface area contributed by atoms with Crippen LogP contribution in [0.25, 0.3) is 21.7 Å². The molecule has 30 heavy (non-hydrogen) atoms. The third-order valence-corrected chi connectivity index (χ3v) is 5.38. The maximum absolute atomic E-state index is 12.5.